The monoisotopic (exact) mass is 393 g/mol. The number of fused-ring (bicyclic) bond motifs is 1. The Morgan fingerprint density at radius 3 is 2.75 bits per heavy atom. The number of anilines is 1. The van der Waals surface area contributed by atoms with E-state index in [9.17, 15) is 4.79 Å². The number of rotatable bonds is 5. The molecule has 0 aliphatic heterocycles. The average Bonchev–Trinajstić information content (AvgIpc) is 3.25. The van der Waals surface area contributed by atoms with Crippen LogP contribution in [0.5, 0.6) is 5.75 Å². The molecule has 0 fully saturated rings. The molecule has 8 heteroatoms. The third-order valence-electron chi connectivity index (χ3n) is 4.49. The second kappa shape index (κ2) is 7.40. The molecular weight excluding hydrogens is 374 g/mol. The fraction of sp³-hybridized carbons (Fsp3) is 0.200. The van der Waals surface area contributed by atoms with E-state index in [2.05, 4.69) is 20.6 Å². The number of nitrogens with zero attached hydrogens (tertiary/aromatic N) is 4. The van der Waals surface area contributed by atoms with E-state index >= 15 is 0 Å². The zero-order valence-electron chi connectivity index (χ0n) is 15.8. The molecule has 28 heavy (non-hydrogen) atoms. The van der Waals surface area contributed by atoms with Gasteiger partial charge in [0, 0.05) is 5.56 Å². The molecule has 2 aromatic carbocycles. The van der Waals surface area contributed by atoms with E-state index in [0.29, 0.717) is 16.4 Å². The quantitative estimate of drug-likeness (QED) is 0.558. The Balaban J connectivity index is 1.52. The first-order valence-corrected chi connectivity index (χ1v) is 9.61. The molecule has 0 bridgehead atoms. The fourth-order valence-electron chi connectivity index (χ4n) is 2.81. The van der Waals surface area contributed by atoms with Gasteiger partial charge in [-0.25, -0.2) is 0 Å². The molecule has 0 saturated carbocycles. The number of para-hydroxylation sites is 1. The van der Waals surface area contributed by atoms with Crippen LogP contribution in [0, 0.1) is 20.8 Å². The van der Waals surface area contributed by atoms with Gasteiger partial charge in [-0.3, -0.25) is 4.79 Å². The first kappa shape index (κ1) is 18.1. The highest BCUT2D eigenvalue weighted by molar-refractivity contribution is 7.19. The molecule has 142 valence electrons. The summed E-state index contributed by atoms with van der Waals surface area (Å²) in [5, 5.41) is 16.3. The number of amides is 1. The zero-order valence-corrected chi connectivity index (χ0v) is 16.6. The van der Waals surface area contributed by atoms with Gasteiger partial charge in [-0.2, -0.15) is 9.61 Å². The Hall–Kier alpha value is -3.26. The van der Waals surface area contributed by atoms with Gasteiger partial charge < -0.3 is 10.1 Å². The molecule has 4 aromatic rings. The van der Waals surface area contributed by atoms with Gasteiger partial charge in [0.15, 0.2) is 12.4 Å². The minimum absolute atomic E-state index is 0.0666. The van der Waals surface area contributed by atoms with E-state index in [4.69, 9.17) is 4.74 Å². The average molecular weight is 393 g/mol. The fourth-order valence-corrected chi connectivity index (χ4v) is 3.74. The predicted octanol–water partition coefficient (Wildman–Crippen LogP) is 3.80. The number of hydrogen-bond acceptors (Lipinski definition) is 6. The van der Waals surface area contributed by atoms with Crippen LogP contribution >= 0.6 is 11.3 Å². The number of aryl methyl sites for hydroxylation is 2. The topological polar surface area (TPSA) is 81.4 Å². The van der Waals surface area contributed by atoms with E-state index in [-0.39, 0.29) is 12.5 Å². The third-order valence-corrected chi connectivity index (χ3v) is 5.42. The summed E-state index contributed by atoms with van der Waals surface area (Å²) in [6.07, 6.45) is 0. The van der Waals surface area contributed by atoms with Gasteiger partial charge in [0.25, 0.3) is 5.91 Å². The number of aromatic nitrogens is 4. The van der Waals surface area contributed by atoms with Crippen LogP contribution in [0.2, 0.25) is 0 Å². The molecule has 0 aliphatic rings. The maximum atomic E-state index is 12.5. The maximum absolute atomic E-state index is 12.5. The van der Waals surface area contributed by atoms with Crippen molar-refractivity contribution in [1.29, 1.82) is 0 Å². The largest absolute Gasteiger partial charge is 0.483 e. The van der Waals surface area contributed by atoms with E-state index in [1.54, 1.807) is 4.52 Å². The van der Waals surface area contributed by atoms with Gasteiger partial charge in [0.05, 0.1) is 5.69 Å². The Morgan fingerprint density at radius 2 is 1.93 bits per heavy atom. The van der Waals surface area contributed by atoms with E-state index in [0.717, 1.165) is 27.5 Å². The second-order valence-corrected chi connectivity index (χ2v) is 7.39. The summed E-state index contributed by atoms with van der Waals surface area (Å²) in [5.74, 6) is 1.21. The Morgan fingerprint density at radius 1 is 1.11 bits per heavy atom. The molecular formula is C20H19N5O2S. The van der Waals surface area contributed by atoms with Crippen LogP contribution < -0.4 is 10.1 Å². The van der Waals surface area contributed by atoms with Gasteiger partial charge in [-0.1, -0.05) is 35.6 Å². The highest BCUT2D eigenvalue weighted by Crippen LogP contribution is 2.31. The van der Waals surface area contributed by atoms with Crippen molar-refractivity contribution in [2.24, 2.45) is 0 Å². The first-order valence-electron chi connectivity index (χ1n) is 8.80. The lowest BCUT2D eigenvalue weighted by atomic mass is 10.1. The molecule has 1 N–H and O–H groups in total. The van der Waals surface area contributed by atoms with Crippen molar-refractivity contribution in [3.63, 3.8) is 0 Å². The highest BCUT2D eigenvalue weighted by atomic mass is 32.1. The molecule has 1 amide bonds. The zero-order chi connectivity index (χ0) is 19.7. The van der Waals surface area contributed by atoms with Crippen molar-refractivity contribution in [3.05, 3.63) is 59.4 Å². The number of nitrogens with one attached hydrogen (secondary N) is 1. The minimum Gasteiger partial charge on any atom is -0.483 e. The summed E-state index contributed by atoms with van der Waals surface area (Å²) in [6, 6.07) is 13.3. The SMILES string of the molecule is Cc1cccc(OCC(=O)Nc2ccccc2-c2nn3c(C)nnc3s2)c1C. The molecule has 0 saturated heterocycles. The second-order valence-electron chi connectivity index (χ2n) is 6.43. The van der Waals surface area contributed by atoms with Crippen LogP contribution in [-0.2, 0) is 4.79 Å². The number of carbonyl (C=O) groups is 1. The Kier molecular flexibility index (Phi) is 4.79. The number of benzene rings is 2. The Bertz CT molecular complexity index is 1160. The highest BCUT2D eigenvalue weighted by Gasteiger charge is 2.15. The predicted molar refractivity (Wildman–Crippen MR) is 109 cm³/mol. The summed E-state index contributed by atoms with van der Waals surface area (Å²) >= 11 is 1.42. The third kappa shape index (κ3) is 3.46. The van der Waals surface area contributed by atoms with Gasteiger partial charge in [0.1, 0.15) is 10.8 Å². The summed E-state index contributed by atoms with van der Waals surface area (Å²) in [7, 11) is 0. The van der Waals surface area contributed by atoms with Crippen LogP contribution in [-0.4, -0.2) is 32.3 Å². The maximum Gasteiger partial charge on any atom is 0.262 e. The van der Waals surface area contributed by atoms with E-state index in [1.807, 2.05) is 63.2 Å². The van der Waals surface area contributed by atoms with Crippen molar-refractivity contribution < 1.29 is 9.53 Å². The van der Waals surface area contributed by atoms with Crippen molar-refractivity contribution in [3.8, 4) is 16.3 Å². The summed E-state index contributed by atoms with van der Waals surface area (Å²) in [4.78, 5) is 13.2. The Labute approximate surface area is 166 Å². The molecule has 0 unspecified atom stereocenters. The van der Waals surface area contributed by atoms with Gasteiger partial charge >= 0.3 is 0 Å². The summed E-state index contributed by atoms with van der Waals surface area (Å²) < 4.78 is 7.40. The van der Waals surface area contributed by atoms with Crippen molar-refractivity contribution in [2.45, 2.75) is 20.8 Å². The molecule has 0 aliphatic carbocycles. The van der Waals surface area contributed by atoms with E-state index in [1.165, 1.54) is 11.3 Å². The van der Waals surface area contributed by atoms with Crippen molar-refractivity contribution in [1.82, 2.24) is 19.8 Å². The summed E-state index contributed by atoms with van der Waals surface area (Å²) in [6.45, 7) is 5.78. The van der Waals surface area contributed by atoms with Crippen LogP contribution in [0.4, 0.5) is 5.69 Å². The van der Waals surface area contributed by atoms with Gasteiger partial charge in [0.2, 0.25) is 4.96 Å². The molecule has 0 atom stereocenters. The molecule has 4 rings (SSSR count). The lowest BCUT2D eigenvalue weighted by molar-refractivity contribution is -0.118. The molecule has 0 radical (unpaired) electrons. The smallest absolute Gasteiger partial charge is 0.262 e. The van der Waals surface area contributed by atoms with Crippen LogP contribution in [0.25, 0.3) is 15.5 Å². The van der Waals surface area contributed by atoms with Crippen molar-refractivity contribution >= 4 is 27.9 Å². The van der Waals surface area contributed by atoms with Crippen molar-refractivity contribution in [2.75, 3.05) is 11.9 Å². The number of carbonyl (C=O) groups excluding carboxylic acids is 1. The number of hydrogen-bond donors (Lipinski definition) is 1. The lowest BCUT2D eigenvalue weighted by Crippen LogP contribution is -2.20. The van der Waals surface area contributed by atoms with Gasteiger partial charge in [-0.05, 0) is 50.1 Å². The van der Waals surface area contributed by atoms with Crippen LogP contribution in [0.1, 0.15) is 17.0 Å². The van der Waals surface area contributed by atoms with Crippen LogP contribution in [0.3, 0.4) is 0 Å². The normalized spacial score (nSPS) is 11.0. The minimum atomic E-state index is -0.229. The summed E-state index contributed by atoms with van der Waals surface area (Å²) in [5.41, 5.74) is 3.67. The molecule has 2 aromatic heterocycles. The number of ether oxygens (including phenoxy) is 1. The van der Waals surface area contributed by atoms with Gasteiger partial charge in [-0.15, -0.1) is 10.2 Å². The standard InChI is InChI=1S/C20H19N5O2S/c1-12-7-6-10-17(13(12)2)27-11-18(26)21-16-9-5-4-8-15(16)19-24-25-14(3)22-23-20(25)28-19/h4-10H,11H2,1-3H3,(H,21,26). The molecule has 7 nitrogen and oxygen atoms in total. The molecule has 0 spiro atoms. The molecule has 2 heterocycles. The first-order chi connectivity index (χ1) is 13.5. The van der Waals surface area contributed by atoms with E-state index < -0.39 is 0 Å². The lowest BCUT2D eigenvalue weighted by Gasteiger charge is -2.12. The van der Waals surface area contributed by atoms with Crippen LogP contribution in [0.15, 0.2) is 42.5 Å².